The van der Waals surface area contributed by atoms with Gasteiger partial charge in [-0.3, -0.25) is 4.79 Å². The molecule has 3 N–H and O–H groups in total. The molecule has 0 spiro atoms. The van der Waals surface area contributed by atoms with E-state index < -0.39 is 10.0 Å². The number of fused-ring (bicyclic) bond motifs is 1. The van der Waals surface area contributed by atoms with Crippen molar-refractivity contribution >= 4 is 15.5 Å². The Bertz CT molecular complexity index is 1310. The van der Waals surface area contributed by atoms with Gasteiger partial charge >= 0.3 is 0 Å². The fourth-order valence-corrected chi connectivity index (χ4v) is 5.37. The highest BCUT2D eigenvalue weighted by Crippen LogP contribution is 2.34. The molecule has 0 aliphatic heterocycles. The molecule has 1 aliphatic rings. The van der Waals surface area contributed by atoms with Crippen LogP contribution >= 0.6 is 0 Å². The van der Waals surface area contributed by atoms with Crippen LogP contribution in [0.4, 0.5) is 0 Å². The smallest absolute Gasteiger partial charge is 0.277 e. The molecule has 2 aromatic heterocycles. The monoisotopic (exact) mass is 475 g/mol. The third-order valence-electron chi connectivity index (χ3n) is 5.86. The van der Waals surface area contributed by atoms with Crippen molar-refractivity contribution in [3.8, 4) is 17.1 Å². The number of nitrogens with one attached hydrogen (secondary N) is 2. The van der Waals surface area contributed by atoms with Gasteiger partial charge in [-0.2, -0.15) is 0 Å². The highest BCUT2D eigenvalue weighted by Gasteiger charge is 2.26. The van der Waals surface area contributed by atoms with Gasteiger partial charge in [-0.25, -0.2) is 22.6 Å². The summed E-state index contributed by atoms with van der Waals surface area (Å²) in [5.41, 5.74) is 1.04. The van der Waals surface area contributed by atoms with Gasteiger partial charge in [-0.1, -0.05) is 12.8 Å². The number of ether oxygens (including phenoxy) is 1. The van der Waals surface area contributed by atoms with Crippen LogP contribution in [0.25, 0.3) is 16.9 Å². The number of imidazole rings is 1. The first kappa shape index (κ1) is 23.4. The van der Waals surface area contributed by atoms with Crippen molar-refractivity contribution in [3.05, 3.63) is 40.1 Å². The van der Waals surface area contributed by atoms with Crippen molar-refractivity contribution in [3.63, 3.8) is 0 Å². The maximum Gasteiger partial charge on any atom is 0.277 e. The van der Waals surface area contributed by atoms with E-state index in [1.807, 2.05) is 6.92 Å². The van der Waals surface area contributed by atoms with E-state index >= 15 is 0 Å². The number of aryl methyl sites for hydroxylation is 1. The van der Waals surface area contributed by atoms with E-state index in [4.69, 9.17) is 9.84 Å². The van der Waals surface area contributed by atoms with Crippen molar-refractivity contribution in [2.75, 3.05) is 19.8 Å². The number of aromatic amines is 1. The van der Waals surface area contributed by atoms with Crippen molar-refractivity contribution < 1.29 is 18.3 Å². The molecule has 10 nitrogen and oxygen atoms in total. The van der Waals surface area contributed by atoms with Crippen LogP contribution in [0.3, 0.4) is 0 Å². The summed E-state index contributed by atoms with van der Waals surface area (Å²) in [5, 5.41) is 13.6. The largest absolute Gasteiger partial charge is 0.493 e. The zero-order chi connectivity index (χ0) is 23.6. The number of nitrogens with zero attached hydrogens (tertiary/aromatic N) is 3. The summed E-state index contributed by atoms with van der Waals surface area (Å²) in [6.07, 6.45) is 4.54. The quantitative estimate of drug-likeness (QED) is 0.403. The summed E-state index contributed by atoms with van der Waals surface area (Å²) in [6.45, 7) is 3.97. The second-order valence-corrected chi connectivity index (χ2v) is 9.93. The lowest BCUT2D eigenvalue weighted by Crippen LogP contribution is -2.25. The van der Waals surface area contributed by atoms with Gasteiger partial charge in [0.15, 0.2) is 11.3 Å². The van der Waals surface area contributed by atoms with E-state index in [2.05, 4.69) is 19.8 Å². The summed E-state index contributed by atoms with van der Waals surface area (Å²) < 4.78 is 35.2. The molecule has 178 valence electrons. The first-order chi connectivity index (χ1) is 15.9. The fraction of sp³-hybridized carbons (Fsp3) is 0.500. The molecular formula is C22H29N5O5S. The average molecular weight is 476 g/mol. The van der Waals surface area contributed by atoms with Crippen LogP contribution in [0.1, 0.15) is 56.5 Å². The maximum atomic E-state index is 13.0. The Labute approximate surface area is 192 Å². The first-order valence-corrected chi connectivity index (χ1v) is 12.7. The van der Waals surface area contributed by atoms with Crippen LogP contribution < -0.4 is 15.0 Å². The van der Waals surface area contributed by atoms with E-state index in [0.717, 1.165) is 31.5 Å². The van der Waals surface area contributed by atoms with E-state index in [9.17, 15) is 13.2 Å². The Balaban J connectivity index is 1.85. The second-order valence-electron chi connectivity index (χ2n) is 8.17. The van der Waals surface area contributed by atoms with Crippen LogP contribution in [-0.4, -0.2) is 52.9 Å². The van der Waals surface area contributed by atoms with Crippen molar-refractivity contribution in [1.29, 1.82) is 0 Å². The van der Waals surface area contributed by atoms with Crippen molar-refractivity contribution in [2.45, 2.75) is 56.8 Å². The van der Waals surface area contributed by atoms with Gasteiger partial charge in [0.2, 0.25) is 10.0 Å². The zero-order valence-electron chi connectivity index (χ0n) is 18.8. The Morgan fingerprint density at radius 3 is 2.76 bits per heavy atom. The molecule has 0 bridgehead atoms. The minimum Gasteiger partial charge on any atom is -0.493 e. The highest BCUT2D eigenvalue weighted by atomic mass is 32.2. The van der Waals surface area contributed by atoms with Crippen LogP contribution in [0.15, 0.2) is 27.9 Å². The first-order valence-electron chi connectivity index (χ1n) is 11.2. The molecule has 1 aliphatic carbocycles. The van der Waals surface area contributed by atoms with E-state index in [1.54, 1.807) is 17.5 Å². The predicted octanol–water partition coefficient (Wildman–Crippen LogP) is 2.11. The number of aliphatic hydroxyl groups is 1. The number of aliphatic hydroxyl groups excluding tert-OH is 1. The van der Waals surface area contributed by atoms with Crippen LogP contribution in [0, 0.1) is 6.92 Å². The summed E-state index contributed by atoms with van der Waals surface area (Å²) in [5.74, 6) is 1.62. The molecule has 0 atom stereocenters. The molecule has 0 saturated heterocycles. The Morgan fingerprint density at radius 1 is 1.30 bits per heavy atom. The lowest BCUT2D eigenvalue weighted by molar-refractivity contribution is 0.289. The van der Waals surface area contributed by atoms with E-state index in [-0.39, 0.29) is 35.3 Å². The number of H-pyrrole nitrogens is 1. The minimum absolute atomic E-state index is 0.0134. The maximum absolute atomic E-state index is 13.0. The topological polar surface area (TPSA) is 139 Å². The van der Waals surface area contributed by atoms with Gasteiger partial charge in [-0.15, -0.1) is 5.10 Å². The summed E-state index contributed by atoms with van der Waals surface area (Å²) >= 11 is 0. The molecule has 1 fully saturated rings. The van der Waals surface area contributed by atoms with Gasteiger partial charge in [0.1, 0.15) is 11.6 Å². The summed E-state index contributed by atoms with van der Waals surface area (Å²) in [4.78, 5) is 20.4. The number of benzene rings is 1. The van der Waals surface area contributed by atoms with Crippen molar-refractivity contribution in [1.82, 2.24) is 24.3 Å². The highest BCUT2D eigenvalue weighted by molar-refractivity contribution is 7.89. The summed E-state index contributed by atoms with van der Waals surface area (Å²) in [7, 11) is -3.82. The van der Waals surface area contributed by atoms with Gasteiger partial charge in [0.25, 0.3) is 5.56 Å². The molecule has 1 saturated carbocycles. The van der Waals surface area contributed by atoms with Gasteiger partial charge in [0.05, 0.1) is 22.8 Å². The molecule has 0 amide bonds. The third-order valence-corrected chi connectivity index (χ3v) is 7.32. The average Bonchev–Trinajstić information content (AvgIpc) is 3.42. The Morgan fingerprint density at radius 2 is 2.06 bits per heavy atom. The van der Waals surface area contributed by atoms with E-state index in [0.29, 0.717) is 35.6 Å². The lowest BCUT2D eigenvalue weighted by Gasteiger charge is -2.13. The van der Waals surface area contributed by atoms with Gasteiger partial charge in [0, 0.05) is 19.1 Å². The van der Waals surface area contributed by atoms with Crippen LogP contribution in [0.5, 0.6) is 5.75 Å². The SMILES string of the molecule is CCOc1ccc(S(=O)(=O)NCCCO)cc1-c1nn2c(C3CCCC3)nc(C)c2c(=O)[nH]1. The van der Waals surface area contributed by atoms with E-state index in [1.165, 1.54) is 12.1 Å². The minimum atomic E-state index is -3.82. The molecule has 3 aromatic rings. The Kier molecular flexibility index (Phi) is 6.82. The number of rotatable bonds is 9. The molecule has 33 heavy (non-hydrogen) atoms. The van der Waals surface area contributed by atoms with Crippen LogP contribution in [0.2, 0.25) is 0 Å². The van der Waals surface area contributed by atoms with Gasteiger partial charge < -0.3 is 14.8 Å². The summed E-state index contributed by atoms with van der Waals surface area (Å²) in [6, 6.07) is 4.44. The predicted molar refractivity (Wildman–Crippen MR) is 123 cm³/mol. The van der Waals surface area contributed by atoms with Crippen LogP contribution in [-0.2, 0) is 10.0 Å². The molecule has 0 radical (unpaired) electrons. The molecular weight excluding hydrogens is 446 g/mol. The molecule has 1 aromatic carbocycles. The number of hydrogen-bond donors (Lipinski definition) is 3. The normalized spacial score (nSPS) is 14.9. The molecule has 11 heteroatoms. The fourth-order valence-electron chi connectivity index (χ4n) is 4.27. The number of aromatic nitrogens is 4. The Hall–Kier alpha value is -2.76. The molecule has 2 heterocycles. The number of sulfonamides is 1. The standard InChI is InChI=1S/C22H29N5O5S/c1-3-32-18-10-9-16(33(30,31)23-11-6-12-28)13-17(18)20-25-22(29)19-14(2)24-21(27(19)26-20)15-7-4-5-8-15/h9-10,13,15,23,28H,3-8,11-12H2,1-2H3,(H,25,26,29). The zero-order valence-corrected chi connectivity index (χ0v) is 19.6. The lowest BCUT2D eigenvalue weighted by atomic mass is 10.1. The van der Waals surface area contributed by atoms with Crippen molar-refractivity contribution in [2.24, 2.45) is 0 Å². The molecule has 4 rings (SSSR count). The number of hydrogen-bond acceptors (Lipinski definition) is 7. The van der Waals surface area contributed by atoms with Gasteiger partial charge in [-0.05, 0) is 51.3 Å². The third kappa shape index (κ3) is 4.66. The second kappa shape index (κ2) is 9.62. The molecule has 0 unspecified atom stereocenters.